The summed E-state index contributed by atoms with van der Waals surface area (Å²) in [6, 6.07) is 34.7. The van der Waals surface area contributed by atoms with Crippen LogP contribution in [0.2, 0.25) is 0 Å². The molecule has 1 unspecified atom stereocenters. The van der Waals surface area contributed by atoms with Crippen molar-refractivity contribution in [1.82, 2.24) is 0 Å². The minimum absolute atomic E-state index is 0.161. The van der Waals surface area contributed by atoms with Crippen molar-refractivity contribution >= 4 is 10.1 Å². The zero-order valence-electron chi connectivity index (χ0n) is 21.1. The highest BCUT2D eigenvalue weighted by molar-refractivity contribution is 7.88. The summed E-state index contributed by atoms with van der Waals surface area (Å²) in [4.78, 5) is 0. The van der Waals surface area contributed by atoms with Gasteiger partial charge in [0.25, 0.3) is 0 Å². The molecule has 0 aromatic heterocycles. The van der Waals surface area contributed by atoms with Crippen molar-refractivity contribution in [3.63, 3.8) is 0 Å². The Kier molecular flexibility index (Phi) is 5.46. The number of hydrogen-bond donors (Lipinski definition) is 0. The van der Waals surface area contributed by atoms with Gasteiger partial charge in [-0.25, -0.2) is 0 Å². The fourth-order valence-electron chi connectivity index (χ4n) is 5.69. The number of para-hydroxylation sites is 2. The van der Waals surface area contributed by atoms with Crippen LogP contribution in [0.1, 0.15) is 22.3 Å². The number of hydrogen-bond acceptors (Lipinski definition) is 5. The van der Waals surface area contributed by atoms with Gasteiger partial charge in [-0.05, 0) is 41.5 Å². The molecule has 41 heavy (non-hydrogen) atoms. The van der Waals surface area contributed by atoms with Gasteiger partial charge in [0, 0.05) is 28.3 Å². The van der Waals surface area contributed by atoms with Crippen molar-refractivity contribution in [1.29, 1.82) is 0 Å². The van der Waals surface area contributed by atoms with E-state index in [1.807, 2.05) is 84.9 Å². The van der Waals surface area contributed by atoms with Crippen molar-refractivity contribution in [2.45, 2.75) is 10.9 Å². The smallest absolute Gasteiger partial charge is 0.457 e. The highest BCUT2D eigenvalue weighted by atomic mass is 32.2. The van der Waals surface area contributed by atoms with E-state index in [0.29, 0.717) is 22.8 Å². The third-order valence-corrected chi connectivity index (χ3v) is 8.34. The van der Waals surface area contributed by atoms with Gasteiger partial charge in [-0.2, -0.15) is 21.6 Å². The van der Waals surface area contributed by atoms with Crippen LogP contribution in [0.25, 0.3) is 11.1 Å². The van der Waals surface area contributed by atoms with E-state index in [-0.39, 0.29) is 5.75 Å². The van der Waals surface area contributed by atoms with Crippen LogP contribution < -0.4 is 13.7 Å². The number of rotatable bonds is 3. The molecule has 1 atom stereocenters. The lowest BCUT2D eigenvalue weighted by atomic mass is 9.62. The Bertz CT molecular complexity index is 1920. The van der Waals surface area contributed by atoms with E-state index in [1.165, 1.54) is 12.1 Å². The number of fused-ring (bicyclic) bond motifs is 8. The molecular formula is C32H19F3O5S. The maximum Gasteiger partial charge on any atom is 0.534 e. The molecule has 2 aliphatic heterocycles. The maximum absolute atomic E-state index is 13.1. The topological polar surface area (TPSA) is 61.8 Å². The summed E-state index contributed by atoms with van der Waals surface area (Å²) in [5, 5.41) is 0. The second kappa shape index (κ2) is 8.87. The molecule has 0 N–H and O–H groups in total. The molecule has 204 valence electrons. The molecule has 0 bridgehead atoms. The van der Waals surface area contributed by atoms with Gasteiger partial charge >= 0.3 is 15.6 Å². The van der Waals surface area contributed by atoms with Crippen molar-refractivity contribution in [2.75, 3.05) is 0 Å². The Morgan fingerprint density at radius 1 is 0.561 bits per heavy atom. The fourth-order valence-corrected chi connectivity index (χ4v) is 6.14. The molecule has 2 heterocycles. The average Bonchev–Trinajstić information content (AvgIpc) is 2.96. The van der Waals surface area contributed by atoms with Gasteiger partial charge in [0.05, 0.1) is 5.41 Å². The van der Waals surface area contributed by atoms with Crippen molar-refractivity contribution in [2.24, 2.45) is 0 Å². The number of halogens is 3. The maximum atomic E-state index is 13.1. The standard InChI is InChI=1S/C32H19F3O5S/c33-32(34,35)41(36,37)40-22-15-17-26-30(19-22)39-28-13-7-5-11-24(28)31(26)23-10-4-6-12-27(23)38-29-18-21(14-16-25(29)31)20-8-2-1-3-9-20/h1-19H. The largest absolute Gasteiger partial charge is 0.534 e. The molecule has 2 aliphatic rings. The van der Waals surface area contributed by atoms with Crippen molar-refractivity contribution in [3.8, 4) is 39.9 Å². The van der Waals surface area contributed by atoms with E-state index in [1.54, 1.807) is 18.2 Å². The summed E-state index contributed by atoms with van der Waals surface area (Å²) in [6.45, 7) is 0. The Morgan fingerprint density at radius 2 is 1.07 bits per heavy atom. The molecule has 0 fully saturated rings. The summed E-state index contributed by atoms with van der Waals surface area (Å²) in [7, 11) is -5.88. The second-order valence-electron chi connectivity index (χ2n) is 9.66. The molecule has 1 spiro atoms. The third kappa shape index (κ3) is 3.80. The summed E-state index contributed by atoms with van der Waals surface area (Å²) in [5.41, 5.74) is -1.63. The van der Waals surface area contributed by atoms with E-state index < -0.39 is 26.8 Å². The molecule has 0 saturated carbocycles. The SMILES string of the molecule is O=S(=O)(Oc1ccc2c(c1)Oc1ccccc1C21c2ccccc2Oc2cc(-c3ccccc3)ccc21)C(F)(F)F. The fraction of sp³-hybridized carbons (Fsp3) is 0.0625. The molecule has 0 amide bonds. The molecular weight excluding hydrogens is 553 g/mol. The van der Waals surface area contributed by atoms with Crippen LogP contribution in [-0.4, -0.2) is 13.9 Å². The first-order valence-electron chi connectivity index (χ1n) is 12.6. The summed E-state index contributed by atoms with van der Waals surface area (Å²) >= 11 is 0. The first-order chi connectivity index (χ1) is 19.7. The van der Waals surface area contributed by atoms with Gasteiger partial charge in [0.15, 0.2) is 0 Å². The minimum Gasteiger partial charge on any atom is -0.457 e. The zero-order valence-corrected chi connectivity index (χ0v) is 21.9. The van der Waals surface area contributed by atoms with E-state index >= 15 is 0 Å². The van der Waals surface area contributed by atoms with Crippen LogP contribution in [0.3, 0.4) is 0 Å². The normalized spacial score (nSPS) is 16.9. The zero-order chi connectivity index (χ0) is 28.4. The second-order valence-corrected chi connectivity index (χ2v) is 11.2. The van der Waals surface area contributed by atoms with E-state index in [4.69, 9.17) is 9.47 Å². The first kappa shape index (κ1) is 25.2. The summed E-state index contributed by atoms with van der Waals surface area (Å²) < 4.78 is 79.8. The van der Waals surface area contributed by atoms with Crippen LogP contribution >= 0.6 is 0 Å². The minimum atomic E-state index is -5.88. The van der Waals surface area contributed by atoms with Gasteiger partial charge < -0.3 is 13.7 Å². The molecule has 0 aliphatic carbocycles. The molecule has 9 heteroatoms. The highest BCUT2D eigenvalue weighted by Gasteiger charge is 2.51. The molecule has 7 rings (SSSR count). The molecule has 0 saturated heterocycles. The van der Waals surface area contributed by atoms with E-state index in [9.17, 15) is 21.6 Å². The Labute approximate surface area is 233 Å². The van der Waals surface area contributed by atoms with E-state index in [2.05, 4.69) is 4.18 Å². The Hall–Kier alpha value is -4.76. The summed E-state index contributed by atoms with van der Waals surface area (Å²) in [5.74, 6) is 1.31. The summed E-state index contributed by atoms with van der Waals surface area (Å²) in [6.07, 6.45) is 0. The quantitative estimate of drug-likeness (QED) is 0.158. The average molecular weight is 573 g/mol. The Balaban J connectivity index is 1.50. The number of alkyl halides is 3. The van der Waals surface area contributed by atoms with Crippen LogP contribution in [0.5, 0.6) is 28.7 Å². The lowest BCUT2D eigenvalue weighted by Crippen LogP contribution is -2.36. The van der Waals surface area contributed by atoms with Crippen LogP contribution in [0, 0.1) is 0 Å². The Morgan fingerprint density at radius 3 is 1.68 bits per heavy atom. The third-order valence-electron chi connectivity index (χ3n) is 7.36. The number of benzene rings is 5. The molecule has 0 radical (unpaired) electrons. The first-order valence-corrected chi connectivity index (χ1v) is 14.0. The van der Waals surface area contributed by atoms with Gasteiger partial charge in [-0.3, -0.25) is 0 Å². The monoisotopic (exact) mass is 572 g/mol. The number of ether oxygens (including phenoxy) is 2. The van der Waals surface area contributed by atoms with Gasteiger partial charge in [0.2, 0.25) is 0 Å². The van der Waals surface area contributed by atoms with Gasteiger partial charge in [-0.1, -0.05) is 78.9 Å². The van der Waals surface area contributed by atoms with E-state index in [0.717, 1.165) is 27.8 Å². The van der Waals surface area contributed by atoms with Crippen molar-refractivity contribution < 1.29 is 35.2 Å². The lowest BCUT2D eigenvalue weighted by Gasteiger charge is -2.44. The highest BCUT2D eigenvalue weighted by Crippen LogP contribution is 2.61. The van der Waals surface area contributed by atoms with Crippen molar-refractivity contribution in [3.05, 3.63) is 138 Å². The molecule has 5 aromatic rings. The predicted octanol–water partition coefficient (Wildman–Crippen LogP) is 8.18. The van der Waals surface area contributed by atoms with Gasteiger partial charge in [0.1, 0.15) is 28.7 Å². The molecule has 5 aromatic carbocycles. The van der Waals surface area contributed by atoms with Crippen LogP contribution in [0.4, 0.5) is 13.2 Å². The van der Waals surface area contributed by atoms with Gasteiger partial charge in [-0.15, -0.1) is 0 Å². The predicted molar refractivity (Wildman–Crippen MR) is 146 cm³/mol. The lowest BCUT2D eigenvalue weighted by molar-refractivity contribution is -0.0500. The van der Waals surface area contributed by atoms with Crippen LogP contribution in [0.15, 0.2) is 115 Å². The molecule has 5 nitrogen and oxygen atoms in total. The van der Waals surface area contributed by atoms with Crippen LogP contribution in [-0.2, 0) is 15.5 Å².